The van der Waals surface area contributed by atoms with Crippen LogP contribution in [-0.4, -0.2) is 29.0 Å². The van der Waals surface area contributed by atoms with E-state index in [1.165, 1.54) is 18.2 Å². The molecule has 0 bridgehead atoms. The summed E-state index contributed by atoms with van der Waals surface area (Å²) in [6.45, 7) is 1.23. The molecule has 1 aliphatic heterocycles. The van der Waals surface area contributed by atoms with Crippen molar-refractivity contribution in [1.29, 1.82) is 0 Å². The van der Waals surface area contributed by atoms with Gasteiger partial charge in [-0.25, -0.2) is 4.98 Å². The maximum atomic E-state index is 12.4. The van der Waals surface area contributed by atoms with Crippen LogP contribution in [0.25, 0.3) is 10.9 Å². The summed E-state index contributed by atoms with van der Waals surface area (Å²) in [5.74, 6) is -0.218. The molecule has 0 saturated heterocycles. The number of esters is 1. The monoisotopic (exact) mass is 366 g/mol. The molecule has 1 aromatic heterocycles. The minimum atomic E-state index is -0.322. The maximum Gasteiger partial charge on any atom is 0.323 e. The number of rotatable bonds is 3. The SMILES string of the molecule is COC(=O)[C@H]1Cc2ccccc2CN1Cc1cc2ccccc2nc1Cl. The molecular weight excluding hydrogens is 348 g/mol. The third-order valence-corrected chi connectivity index (χ3v) is 5.27. The van der Waals surface area contributed by atoms with Gasteiger partial charge >= 0.3 is 5.97 Å². The second-order valence-corrected chi connectivity index (χ2v) is 6.91. The van der Waals surface area contributed by atoms with Crippen LogP contribution in [0, 0.1) is 0 Å². The van der Waals surface area contributed by atoms with Crippen molar-refractivity contribution >= 4 is 28.5 Å². The molecular formula is C21H19ClN2O2. The second kappa shape index (κ2) is 7.06. The number of hydrogen-bond acceptors (Lipinski definition) is 4. The molecule has 0 aliphatic carbocycles. The average Bonchev–Trinajstić information content (AvgIpc) is 2.67. The highest BCUT2D eigenvalue weighted by Crippen LogP contribution is 2.28. The topological polar surface area (TPSA) is 42.4 Å². The van der Waals surface area contributed by atoms with Crippen molar-refractivity contribution in [3.8, 4) is 0 Å². The number of fused-ring (bicyclic) bond motifs is 2. The van der Waals surface area contributed by atoms with E-state index in [0.29, 0.717) is 24.7 Å². The van der Waals surface area contributed by atoms with E-state index in [1.54, 1.807) is 0 Å². The normalized spacial score (nSPS) is 17.1. The second-order valence-electron chi connectivity index (χ2n) is 6.55. The fourth-order valence-electron chi connectivity index (χ4n) is 3.58. The van der Waals surface area contributed by atoms with Gasteiger partial charge in [0, 0.05) is 24.0 Å². The van der Waals surface area contributed by atoms with E-state index in [1.807, 2.05) is 36.4 Å². The number of aromatic nitrogens is 1. The first-order valence-corrected chi connectivity index (χ1v) is 8.96. The van der Waals surface area contributed by atoms with Crippen LogP contribution < -0.4 is 0 Å². The van der Waals surface area contributed by atoms with E-state index in [2.05, 4.69) is 28.1 Å². The third-order valence-electron chi connectivity index (χ3n) is 4.94. The molecule has 5 heteroatoms. The average molecular weight is 367 g/mol. The third kappa shape index (κ3) is 3.18. The van der Waals surface area contributed by atoms with Gasteiger partial charge in [0.2, 0.25) is 0 Å². The Kier molecular flexibility index (Phi) is 4.62. The lowest BCUT2D eigenvalue weighted by atomic mass is 9.93. The van der Waals surface area contributed by atoms with Gasteiger partial charge < -0.3 is 4.74 Å². The predicted molar refractivity (Wildman–Crippen MR) is 102 cm³/mol. The van der Waals surface area contributed by atoms with Crippen molar-refractivity contribution in [1.82, 2.24) is 9.88 Å². The zero-order valence-corrected chi connectivity index (χ0v) is 15.2. The van der Waals surface area contributed by atoms with E-state index in [9.17, 15) is 4.79 Å². The highest BCUT2D eigenvalue weighted by Gasteiger charge is 2.32. The molecule has 132 valence electrons. The molecule has 1 atom stereocenters. The van der Waals surface area contributed by atoms with Crippen LogP contribution in [0.3, 0.4) is 0 Å². The fraction of sp³-hybridized carbons (Fsp3) is 0.238. The molecule has 3 aromatic rings. The highest BCUT2D eigenvalue weighted by molar-refractivity contribution is 6.30. The number of halogens is 1. The van der Waals surface area contributed by atoms with E-state index in [0.717, 1.165) is 16.5 Å². The molecule has 0 spiro atoms. The largest absolute Gasteiger partial charge is 0.468 e. The molecule has 26 heavy (non-hydrogen) atoms. The minimum absolute atomic E-state index is 0.218. The quantitative estimate of drug-likeness (QED) is 0.519. The summed E-state index contributed by atoms with van der Waals surface area (Å²) < 4.78 is 5.04. The first-order chi connectivity index (χ1) is 12.7. The Morgan fingerprint density at radius 3 is 2.73 bits per heavy atom. The Balaban J connectivity index is 1.69. The summed E-state index contributed by atoms with van der Waals surface area (Å²) in [7, 11) is 1.44. The highest BCUT2D eigenvalue weighted by atomic mass is 35.5. The molecule has 0 amide bonds. The van der Waals surface area contributed by atoms with Crippen LogP contribution in [0.1, 0.15) is 16.7 Å². The number of carbonyl (C=O) groups is 1. The van der Waals surface area contributed by atoms with Gasteiger partial charge in [-0.1, -0.05) is 54.1 Å². The van der Waals surface area contributed by atoms with Gasteiger partial charge in [-0.15, -0.1) is 0 Å². The smallest absolute Gasteiger partial charge is 0.323 e. The van der Waals surface area contributed by atoms with Crippen molar-refractivity contribution in [2.75, 3.05) is 7.11 Å². The lowest BCUT2D eigenvalue weighted by Gasteiger charge is -2.35. The number of hydrogen-bond donors (Lipinski definition) is 0. The van der Waals surface area contributed by atoms with Gasteiger partial charge in [0.05, 0.1) is 12.6 Å². The Hall–Kier alpha value is -2.43. The molecule has 1 aliphatic rings. The van der Waals surface area contributed by atoms with Crippen LogP contribution in [0.2, 0.25) is 5.15 Å². The summed E-state index contributed by atoms with van der Waals surface area (Å²) in [4.78, 5) is 19.0. The van der Waals surface area contributed by atoms with Crippen molar-refractivity contribution < 1.29 is 9.53 Å². The van der Waals surface area contributed by atoms with Crippen LogP contribution >= 0.6 is 11.6 Å². The van der Waals surface area contributed by atoms with E-state index in [-0.39, 0.29) is 12.0 Å². The Bertz CT molecular complexity index is 973. The predicted octanol–water partition coefficient (Wildman–Crippen LogP) is 3.99. The van der Waals surface area contributed by atoms with Crippen LogP contribution in [0.5, 0.6) is 0 Å². The number of nitrogens with zero attached hydrogens (tertiary/aromatic N) is 2. The van der Waals surface area contributed by atoms with Crippen LogP contribution in [0.4, 0.5) is 0 Å². The molecule has 0 fully saturated rings. The van der Waals surface area contributed by atoms with Crippen LogP contribution in [0.15, 0.2) is 54.6 Å². The zero-order valence-electron chi connectivity index (χ0n) is 14.5. The van der Waals surface area contributed by atoms with Gasteiger partial charge in [0.15, 0.2) is 0 Å². The van der Waals surface area contributed by atoms with Crippen LogP contribution in [-0.2, 0) is 29.0 Å². The van der Waals surface area contributed by atoms with Gasteiger partial charge in [-0.05, 0) is 29.7 Å². The molecule has 4 nitrogen and oxygen atoms in total. The summed E-state index contributed by atoms with van der Waals surface area (Å²) in [6, 6.07) is 17.8. The van der Waals surface area contributed by atoms with Gasteiger partial charge in [-0.2, -0.15) is 0 Å². The molecule has 2 aromatic carbocycles. The zero-order chi connectivity index (χ0) is 18.1. The number of carbonyl (C=O) groups excluding carboxylic acids is 1. The summed E-state index contributed by atoms with van der Waals surface area (Å²) in [5, 5.41) is 1.52. The standard InChI is InChI=1S/C21H19ClN2O2/c1-26-21(25)19-11-14-6-2-3-8-16(14)12-24(19)13-17-10-15-7-4-5-9-18(15)23-20(17)22/h2-10,19H,11-13H2,1H3/t19-/m1/s1. The number of pyridine rings is 1. The van der Waals surface area contributed by atoms with E-state index < -0.39 is 0 Å². The Morgan fingerprint density at radius 1 is 1.19 bits per heavy atom. The van der Waals surface area contributed by atoms with Crippen molar-refractivity contribution in [3.63, 3.8) is 0 Å². The molecule has 4 rings (SSSR count). The number of benzene rings is 2. The van der Waals surface area contributed by atoms with Gasteiger partial charge in [0.25, 0.3) is 0 Å². The molecule has 0 unspecified atom stereocenters. The number of ether oxygens (including phenoxy) is 1. The van der Waals surface area contributed by atoms with Gasteiger partial charge in [-0.3, -0.25) is 9.69 Å². The van der Waals surface area contributed by atoms with Gasteiger partial charge in [0.1, 0.15) is 11.2 Å². The van der Waals surface area contributed by atoms with E-state index >= 15 is 0 Å². The molecule has 0 N–H and O–H groups in total. The maximum absolute atomic E-state index is 12.4. The molecule has 0 saturated carbocycles. The van der Waals surface area contributed by atoms with Crippen molar-refractivity contribution in [2.24, 2.45) is 0 Å². The Labute approximate surface area is 157 Å². The summed E-state index contributed by atoms with van der Waals surface area (Å²) in [5.41, 5.74) is 4.22. The molecule has 0 radical (unpaired) electrons. The minimum Gasteiger partial charge on any atom is -0.468 e. The number of methoxy groups -OCH3 is 1. The summed E-state index contributed by atoms with van der Waals surface area (Å²) in [6.07, 6.45) is 0.640. The van der Waals surface area contributed by atoms with E-state index in [4.69, 9.17) is 16.3 Å². The Morgan fingerprint density at radius 2 is 1.92 bits per heavy atom. The number of para-hydroxylation sites is 1. The van der Waals surface area contributed by atoms with Crippen molar-refractivity contribution in [2.45, 2.75) is 25.6 Å². The van der Waals surface area contributed by atoms with Crippen molar-refractivity contribution in [3.05, 3.63) is 76.4 Å². The molecule has 2 heterocycles. The lowest BCUT2D eigenvalue weighted by Crippen LogP contribution is -2.45. The first kappa shape index (κ1) is 17.0. The fourth-order valence-corrected chi connectivity index (χ4v) is 3.78. The lowest BCUT2D eigenvalue weighted by molar-refractivity contribution is -0.148. The first-order valence-electron chi connectivity index (χ1n) is 8.58. The summed E-state index contributed by atoms with van der Waals surface area (Å²) >= 11 is 6.43.